The van der Waals surface area contributed by atoms with E-state index in [0.717, 1.165) is 16.7 Å². The lowest BCUT2D eigenvalue weighted by Crippen LogP contribution is -2.30. The molecule has 3 aromatic carbocycles. The Kier molecular flexibility index (Phi) is 7.28. The highest BCUT2D eigenvalue weighted by Gasteiger charge is 2.20. The summed E-state index contributed by atoms with van der Waals surface area (Å²) < 4.78 is 36.9. The Morgan fingerprint density at radius 1 is 0.939 bits per heavy atom. The van der Waals surface area contributed by atoms with Crippen molar-refractivity contribution >= 4 is 27.3 Å². The standard InChI is InChI=1S/C25H28N2O5S/c1-17-6-7-18(2)23(14-17)27(33(5,29)30)16-19-8-10-20(11-9-19)25(28)26-22-13-12-21(31-3)15-24(22)32-4/h6-15H,16H2,1-5H3,(H,26,28). The number of carbonyl (C=O) groups excluding carboxylic acids is 1. The van der Waals surface area contributed by atoms with E-state index in [9.17, 15) is 13.2 Å². The van der Waals surface area contributed by atoms with Crippen molar-refractivity contribution in [3.63, 3.8) is 0 Å². The molecule has 1 N–H and O–H groups in total. The van der Waals surface area contributed by atoms with Gasteiger partial charge in [-0.1, -0.05) is 24.3 Å². The third-order valence-corrected chi connectivity index (χ3v) is 6.36. The average Bonchev–Trinajstić information content (AvgIpc) is 2.79. The van der Waals surface area contributed by atoms with Gasteiger partial charge in [-0.25, -0.2) is 8.42 Å². The van der Waals surface area contributed by atoms with Gasteiger partial charge in [-0.2, -0.15) is 0 Å². The normalized spacial score (nSPS) is 11.1. The molecule has 0 spiro atoms. The fourth-order valence-electron chi connectivity index (χ4n) is 3.39. The number of ether oxygens (including phenoxy) is 2. The number of anilines is 2. The first kappa shape index (κ1) is 24.1. The summed E-state index contributed by atoms with van der Waals surface area (Å²) in [5.41, 5.74) is 4.21. The summed E-state index contributed by atoms with van der Waals surface area (Å²) in [6.07, 6.45) is 1.19. The van der Waals surface area contributed by atoms with Crippen LogP contribution in [-0.4, -0.2) is 34.8 Å². The fourth-order valence-corrected chi connectivity index (χ4v) is 4.33. The molecule has 0 aromatic heterocycles. The molecule has 0 aliphatic heterocycles. The molecule has 0 radical (unpaired) electrons. The van der Waals surface area contributed by atoms with Gasteiger partial charge >= 0.3 is 0 Å². The van der Waals surface area contributed by atoms with Gasteiger partial charge in [0.25, 0.3) is 5.91 Å². The number of hydrogen-bond acceptors (Lipinski definition) is 5. The second-order valence-electron chi connectivity index (χ2n) is 7.78. The first-order chi connectivity index (χ1) is 15.6. The van der Waals surface area contributed by atoms with Crippen LogP contribution in [0, 0.1) is 13.8 Å². The molecule has 7 nitrogen and oxygen atoms in total. The Bertz CT molecular complexity index is 1250. The summed E-state index contributed by atoms with van der Waals surface area (Å²) in [5.74, 6) is 0.796. The molecular formula is C25H28N2O5S. The maximum absolute atomic E-state index is 12.7. The molecule has 0 saturated carbocycles. The monoisotopic (exact) mass is 468 g/mol. The van der Waals surface area contributed by atoms with E-state index in [-0.39, 0.29) is 12.5 Å². The summed E-state index contributed by atoms with van der Waals surface area (Å²) in [6, 6.07) is 17.7. The molecular weight excluding hydrogens is 440 g/mol. The van der Waals surface area contributed by atoms with Gasteiger partial charge in [0.05, 0.1) is 38.4 Å². The highest BCUT2D eigenvalue weighted by Crippen LogP contribution is 2.30. The van der Waals surface area contributed by atoms with E-state index < -0.39 is 10.0 Å². The molecule has 0 aliphatic carbocycles. The van der Waals surface area contributed by atoms with Crippen molar-refractivity contribution in [3.05, 3.63) is 82.9 Å². The zero-order valence-electron chi connectivity index (χ0n) is 19.4. The lowest BCUT2D eigenvalue weighted by molar-refractivity contribution is 0.102. The molecule has 0 fully saturated rings. The maximum atomic E-state index is 12.7. The third-order valence-electron chi connectivity index (χ3n) is 5.23. The van der Waals surface area contributed by atoms with E-state index in [4.69, 9.17) is 9.47 Å². The second kappa shape index (κ2) is 9.95. The molecule has 0 aliphatic rings. The number of nitrogens with zero attached hydrogens (tertiary/aromatic N) is 1. The molecule has 3 rings (SSSR count). The Hall–Kier alpha value is -3.52. The minimum absolute atomic E-state index is 0.164. The van der Waals surface area contributed by atoms with Gasteiger partial charge in [0.2, 0.25) is 10.0 Å². The molecule has 0 heterocycles. The maximum Gasteiger partial charge on any atom is 0.255 e. The summed E-state index contributed by atoms with van der Waals surface area (Å²) >= 11 is 0. The van der Waals surface area contributed by atoms with Crippen LogP contribution in [0.3, 0.4) is 0 Å². The Morgan fingerprint density at radius 3 is 2.24 bits per heavy atom. The summed E-state index contributed by atoms with van der Waals surface area (Å²) in [6.45, 7) is 3.97. The minimum Gasteiger partial charge on any atom is -0.497 e. The zero-order valence-corrected chi connectivity index (χ0v) is 20.2. The van der Waals surface area contributed by atoms with E-state index in [1.807, 2.05) is 32.0 Å². The third kappa shape index (κ3) is 5.84. The van der Waals surface area contributed by atoms with Crippen LogP contribution >= 0.6 is 0 Å². The molecule has 1 amide bonds. The van der Waals surface area contributed by atoms with Crippen LogP contribution in [0.15, 0.2) is 60.7 Å². The van der Waals surface area contributed by atoms with Gasteiger partial charge in [0.1, 0.15) is 11.5 Å². The van der Waals surface area contributed by atoms with Gasteiger partial charge in [0, 0.05) is 11.6 Å². The van der Waals surface area contributed by atoms with E-state index in [1.165, 1.54) is 17.7 Å². The van der Waals surface area contributed by atoms with Crippen LogP contribution < -0.4 is 19.1 Å². The van der Waals surface area contributed by atoms with Crippen molar-refractivity contribution < 1.29 is 22.7 Å². The van der Waals surface area contributed by atoms with Crippen molar-refractivity contribution in [1.82, 2.24) is 0 Å². The van der Waals surface area contributed by atoms with E-state index >= 15 is 0 Å². The van der Waals surface area contributed by atoms with Crippen molar-refractivity contribution in [2.24, 2.45) is 0 Å². The predicted octanol–water partition coefficient (Wildman–Crippen LogP) is 4.54. The van der Waals surface area contributed by atoms with Gasteiger partial charge in [-0.05, 0) is 60.9 Å². The Morgan fingerprint density at radius 2 is 1.64 bits per heavy atom. The summed E-state index contributed by atoms with van der Waals surface area (Å²) in [4.78, 5) is 12.7. The zero-order chi connectivity index (χ0) is 24.2. The first-order valence-corrected chi connectivity index (χ1v) is 12.1. The molecule has 3 aromatic rings. The Labute approximate surface area is 195 Å². The van der Waals surface area contributed by atoms with Gasteiger partial charge in [-0.3, -0.25) is 9.10 Å². The van der Waals surface area contributed by atoms with E-state index in [0.29, 0.717) is 28.4 Å². The lowest BCUT2D eigenvalue weighted by Gasteiger charge is -2.25. The van der Waals surface area contributed by atoms with Crippen LogP contribution in [0.1, 0.15) is 27.0 Å². The SMILES string of the molecule is COc1ccc(NC(=O)c2ccc(CN(c3cc(C)ccc3C)S(C)(=O)=O)cc2)c(OC)c1. The molecule has 0 bridgehead atoms. The Balaban J connectivity index is 1.80. The number of aryl methyl sites for hydroxylation is 2. The summed E-state index contributed by atoms with van der Waals surface area (Å²) in [7, 11) is -0.434. The average molecular weight is 469 g/mol. The van der Waals surface area contributed by atoms with Crippen LogP contribution in [0.5, 0.6) is 11.5 Å². The number of hydrogen-bond donors (Lipinski definition) is 1. The number of sulfonamides is 1. The summed E-state index contributed by atoms with van der Waals surface area (Å²) in [5, 5.41) is 2.83. The topological polar surface area (TPSA) is 84.9 Å². The number of amides is 1. The van der Waals surface area contributed by atoms with Gasteiger partial charge in [0.15, 0.2) is 0 Å². The minimum atomic E-state index is -3.51. The quantitative estimate of drug-likeness (QED) is 0.525. The molecule has 0 unspecified atom stereocenters. The van der Waals surface area contributed by atoms with Gasteiger partial charge < -0.3 is 14.8 Å². The van der Waals surface area contributed by atoms with E-state index in [2.05, 4.69) is 5.32 Å². The predicted molar refractivity (Wildman–Crippen MR) is 131 cm³/mol. The van der Waals surface area contributed by atoms with Crippen molar-refractivity contribution in [3.8, 4) is 11.5 Å². The van der Waals surface area contributed by atoms with Crippen LogP contribution in [0.4, 0.5) is 11.4 Å². The molecule has 0 saturated heterocycles. The van der Waals surface area contributed by atoms with Crippen molar-refractivity contribution in [2.45, 2.75) is 20.4 Å². The highest BCUT2D eigenvalue weighted by atomic mass is 32.2. The smallest absolute Gasteiger partial charge is 0.255 e. The largest absolute Gasteiger partial charge is 0.497 e. The number of benzene rings is 3. The fraction of sp³-hybridized carbons (Fsp3) is 0.240. The highest BCUT2D eigenvalue weighted by molar-refractivity contribution is 7.92. The van der Waals surface area contributed by atoms with E-state index in [1.54, 1.807) is 49.6 Å². The first-order valence-electron chi connectivity index (χ1n) is 10.3. The van der Waals surface area contributed by atoms with Crippen molar-refractivity contribution in [2.75, 3.05) is 30.1 Å². The number of carbonyl (C=O) groups is 1. The number of rotatable bonds is 8. The second-order valence-corrected chi connectivity index (χ2v) is 9.68. The molecule has 0 atom stereocenters. The van der Waals surface area contributed by atoms with Crippen LogP contribution in [0.2, 0.25) is 0 Å². The lowest BCUT2D eigenvalue weighted by atomic mass is 10.1. The van der Waals surface area contributed by atoms with Crippen LogP contribution in [0.25, 0.3) is 0 Å². The molecule has 33 heavy (non-hydrogen) atoms. The number of nitrogens with one attached hydrogen (secondary N) is 1. The van der Waals surface area contributed by atoms with Crippen LogP contribution in [-0.2, 0) is 16.6 Å². The number of methoxy groups -OCH3 is 2. The van der Waals surface area contributed by atoms with Crippen molar-refractivity contribution in [1.29, 1.82) is 0 Å². The van der Waals surface area contributed by atoms with Gasteiger partial charge in [-0.15, -0.1) is 0 Å². The molecule has 174 valence electrons. The molecule has 8 heteroatoms.